The Balaban J connectivity index is 1.56. The Bertz CT molecular complexity index is 646. The molecule has 0 fully saturated rings. The highest BCUT2D eigenvalue weighted by molar-refractivity contribution is 7.15. The Kier molecular flexibility index (Phi) is 6.92. The molecule has 0 aliphatic heterocycles. The molecule has 0 aliphatic carbocycles. The first-order valence-corrected chi connectivity index (χ1v) is 8.63. The van der Waals surface area contributed by atoms with Crippen LogP contribution in [0, 0.1) is 5.82 Å². The minimum atomic E-state index is -0.291. The Morgan fingerprint density at radius 3 is 2.67 bits per heavy atom. The van der Waals surface area contributed by atoms with E-state index in [1.165, 1.54) is 23.5 Å². The van der Waals surface area contributed by atoms with Gasteiger partial charge in [-0.25, -0.2) is 9.18 Å². The number of urea groups is 1. The number of halogens is 1. The lowest BCUT2D eigenvalue weighted by Crippen LogP contribution is -2.29. The van der Waals surface area contributed by atoms with Crippen molar-refractivity contribution in [1.29, 1.82) is 0 Å². The summed E-state index contributed by atoms with van der Waals surface area (Å²) in [6.07, 6.45) is 1.57. The van der Waals surface area contributed by atoms with Gasteiger partial charge in [-0.1, -0.05) is 25.2 Å². The molecule has 0 aliphatic rings. The van der Waals surface area contributed by atoms with E-state index in [4.69, 9.17) is 4.74 Å². The molecule has 1 aromatic carbocycles. The average Bonchev–Trinajstić information content (AvgIpc) is 3.01. The lowest BCUT2D eigenvalue weighted by Gasteiger charge is -2.07. The molecule has 0 atom stereocenters. The predicted molar refractivity (Wildman–Crippen MR) is 92.1 cm³/mol. The number of ether oxygens (including phenoxy) is 1. The van der Waals surface area contributed by atoms with Gasteiger partial charge in [0.15, 0.2) is 0 Å². The highest BCUT2D eigenvalue weighted by atomic mass is 32.1. The largest absolute Gasteiger partial charge is 0.494 e. The molecule has 2 rings (SSSR count). The summed E-state index contributed by atoms with van der Waals surface area (Å²) in [5.74, 6) is 0.648. The first kappa shape index (κ1) is 18.1. The fraction of sp³-hybridized carbons (Fsp3) is 0.438. The van der Waals surface area contributed by atoms with Gasteiger partial charge in [-0.3, -0.25) is 5.32 Å². The van der Waals surface area contributed by atoms with Crippen LogP contribution in [0.2, 0.25) is 0 Å². The number of aromatic nitrogens is 2. The van der Waals surface area contributed by atoms with Crippen molar-refractivity contribution in [2.24, 2.45) is 0 Å². The van der Waals surface area contributed by atoms with Crippen molar-refractivity contribution < 1.29 is 13.9 Å². The number of hydrogen-bond acceptors (Lipinski definition) is 5. The third-order valence-electron chi connectivity index (χ3n) is 3.09. The Labute approximate surface area is 144 Å². The van der Waals surface area contributed by atoms with Crippen LogP contribution in [0.1, 0.15) is 37.6 Å². The maximum absolute atomic E-state index is 12.7. The number of nitrogens with zero attached hydrogens (tertiary/aromatic N) is 2. The SMILES string of the molecule is CC(C)c1nnc(NC(=O)NCCCCOc2ccc(F)cc2)s1. The van der Waals surface area contributed by atoms with Gasteiger partial charge >= 0.3 is 6.03 Å². The Hall–Kier alpha value is -2.22. The van der Waals surface area contributed by atoms with Gasteiger partial charge in [0.05, 0.1) is 6.61 Å². The van der Waals surface area contributed by atoms with Gasteiger partial charge in [0, 0.05) is 12.5 Å². The molecular formula is C16H21FN4O2S. The summed E-state index contributed by atoms with van der Waals surface area (Å²) in [5.41, 5.74) is 0. The van der Waals surface area contributed by atoms with Crippen molar-refractivity contribution in [3.63, 3.8) is 0 Å². The summed E-state index contributed by atoms with van der Waals surface area (Å²) >= 11 is 1.37. The zero-order valence-electron chi connectivity index (χ0n) is 13.7. The van der Waals surface area contributed by atoms with Crippen molar-refractivity contribution in [2.45, 2.75) is 32.6 Å². The molecule has 0 saturated carbocycles. The monoisotopic (exact) mass is 352 g/mol. The summed E-state index contributed by atoms with van der Waals surface area (Å²) in [6.45, 7) is 5.11. The smallest absolute Gasteiger partial charge is 0.321 e. The number of benzene rings is 1. The van der Waals surface area contributed by atoms with E-state index in [0.717, 1.165) is 17.8 Å². The standard InChI is InChI=1S/C16H21FN4O2S/c1-11(2)14-20-21-16(24-14)19-15(22)18-9-3-4-10-23-13-7-5-12(17)6-8-13/h5-8,11H,3-4,9-10H2,1-2H3,(H2,18,19,21,22). The molecule has 0 radical (unpaired) electrons. The van der Waals surface area contributed by atoms with E-state index in [0.29, 0.717) is 30.0 Å². The normalized spacial score (nSPS) is 10.7. The van der Waals surface area contributed by atoms with E-state index >= 15 is 0 Å². The number of rotatable bonds is 8. The molecule has 24 heavy (non-hydrogen) atoms. The lowest BCUT2D eigenvalue weighted by atomic mass is 10.2. The van der Waals surface area contributed by atoms with Gasteiger partial charge < -0.3 is 10.1 Å². The topological polar surface area (TPSA) is 76.1 Å². The van der Waals surface area contributed by atoms with E-state index in [1.54, 1.807) is 12.1 Å². The molecule has 0 spiro atoms. The zero-order chi connectivity index (χ0) is 17.4. The number of unbranched alkanes of at least 4 members (excludes halogenated alkanes) is 1. The molecule has 8 heteroatoms. The summed E-state index contributed by atoms with van der Waals surface area (Å²) in [6, 6.07) is 5.61. The van der Waals surface area contributed by atoms with Crippen LogP contribution in [0.25, 0.3) is 0 Å². The van der Waals surface area contributed by atoms with E-state index < -0.39 is 0 Å². The molecule has 2 N–H and O–H groups in total. The number of anilines is 1. The summed E-state index contributed by atoms with van der Waals surface area (Å²) in [7, 11) is 0. The van der Waals surface area contributed by atoms with Crippen LogP contribution >= 0.6 is 11.3 Å². The van der Waals surface area contributed by atoms with E-state index in [2.05, 4.69) is 20.8 Å². The Morgan fingerprint density at radius 2 is 2.00 bits per heavy atom. The van der Waals surface area contributed by atoms with Crippen LogP contribution in [-0.4, -0.2) is 29.4 Å². The fourth-order valence-electron chi connectivity index (χ4n) is 1.81. The molecule has 0 unspecified atom stereocenters. The van der Waals surface area contributed by atoms with E-state index in [-0.39, 0.29) is 11.8 Å². The van der Waals surface area contributed by atoms with Crippen molar-refractivity contribution in [1.82, 2.24) is 15.5 Å². The summed E-state index contributed by atoms with van der Waals surface area (Å²) in [4.78, 5) is 11.7. The van der Waals surface area contributed by atoms with Crippen LogP contribution in [0.5, 0.6) is 5.75 Å². The fourth-order valence-corrected chi connectivity index (χ4v) is 2.55. The second kappa shape index (κ2) is 9.17. The van der Waals surface area contributed by atoms with Crippen molar-refractivity contribution >= 4 is 22.5 Å². The number of carbonyl (C=O) groups is 1. The highest BCUT2D eigenvalue weighted by Crippen LogP contribution is 2.22. The number of nitrogens with one attached hydrogen (secondary N) is 2. The van der Waals surface area contributed by atoms with E-state index in [1.807, 2.05) is 13.8 Å². The second-order valence-corrected chi connectivity index (χ2v) is 6.50. The Morgan fingerprint density at radius 1 is 1.25 bits per heavy atom. The summed E-state index contributed by atoms with van der Waals surface area (Å²) < 4.78 is 18.2. The van der Waals surface area contributed by atoms with Crippen molar-refractivity contribution in [2.75, 3.05) is 18.5 Å². The molecule has 130 valence electrons. The predicted octanol–water partition coefficient (Wildman–Crippen LogP) is 3.78. The van der Waals surface area contributed by atoms with Crippen LogP contribution in [0.4, 0.5) is 14.3 Å². The highest BCUT2D eigenvalue weighted by Gasteiger charge is 2.09. The number of hydrogen-bond donors (Lipinski definition) is 2. The molecule has 6 nitrogen and oxygen atoms in total. The van der Waals surface area contributed by atoms with Crippen LogP contribution in [0.15, 0.2) is 24.3 Å². The molecular weight excluding hydrogens is 331 g/mol. The zero-order valence-corrected chi connectivity index (χ0v) is 14.5. The van der Waals surface area contributed by atoms with Crippen molar-refractivity contribution in [3.8, 4) is 5.75 Å². The van der Waals surface area contributed by atoms with Crippen LogP contribution in [-0.2, 0) is 0 Å². The quantitative estimate of drug-likeness (QED) is 0.709. The first-order chi connectivity index (χ1) is 11.5. The van der Waals surface area contributed by atoms with Crippen LogP contribution in [0.3, 0.4) is 0 Å². The molecule has 1 aromatic heterocycles. The summed E-state index contributed by atoms with van der Waals surface area (Å²) in [5, 5.41) is 14.7. The minimum Gasteiger partial charge on any atom is -0.494 e. The molecule has 1 heterocycles. The lowest BCUT2D eigenvalue weighted by molar-refractivity contribution is 0.251. The number of carbonyl (C=O) groups excluding carboxylic acids is 1. The maximum atomic E-state index is 12.7. The third-order valence-corrected chi connectivity index (χ3v) is 4.23. The van der Waals surface area contributed by atoms with Gasteiger partial charge in [-0.2, -0.15) is 0 Å². The van der Waals surface area contributed by atoms with Crippen LogP contribution < -0.4 is 15.4 Å². The third kappa shape index (κ3) is 6.11. The second-order valence-electron chi connectivity index (χ2n) is 5.49. The van der Waals surface area contributed by atoms with E-state index in [9.17, 15) is 9.18 Å². The van der Waals surface area contributed by atoms with Gasteiger partial charge in [-0.15, -0.1) is 10.2 Å². The molecule has 2 amide bonds. The maximum Gasteiger partial charge on any atom is 0.321 e. The van der Waals surface area contributed by atoms with Gasteiger partial charge in [0.25, 0.3) is 0 Å². The van der Waals surface area contributed by atoms with Crippen molar-refractivity contribution in [3.05, 3.63) is 35.1 Å². The molecule has 0 saturated heterocycles. The molecule has 2 aromatic rings. The van der Waals surface area contributed by atoms with Gasteiger partial charge in [0.2, 0.25) is 5.13 Å². The molecule has 0 bridgehead atoms. The van der Waals surface area contributed by atoms with Gasteiger partial charge in [-0.05, 0) is 37.1 Å². The first-order valence-electron chi connectivity index (χ1n) is 7.81. The van der Waals surface area contributed by atoms with Gasteiger partial charge in [0.1, 0.15) is 16.6 Å². The minimum absolute atomic E-state index is 0.284. The number of amides is 2. The average molecular weight is 352 g/mol.